The molecule has 3 aliphatic heterocycles. The van der Waals surface area contributed by atoms with E-state index in [2.05, 4.69) is 33.4 Å². The Bertz CT molecular complexity index is 1670. The van der Waals surface area contributed by atoms with E-state index in [1.165, 1.54) is 0 Å². The Labute approximate surface area is 244 Å². The average Bonchev–Trinajstić information content (AvgIpc) is 3.24. The number of benzene rings is 3. The van der Waals surface area contributed by atoms with E-state index in [9.17, 15) is 9.59 Å². The van der Waals surface area contributed by atoms with E-state index in [1.54, 1.807) is 0 Å². The minimum absolute atomic E-state index is 0.0640. The Morgan fingerprint density at radius 1 is 0.929 bits per heavy atom. The fourth-order valence-electron chi connectivity index (χ4n) is 6.34. The van der Waals surface area contributed by atoms with Gasteiger partial charge in [-0.3, -0.25) is 9.56 Å². The molecule has 212 valence electrons. The molecule has 4 heterocycles. The number of piperidine rings is 1. The van der Waals surface area contributed by atoms with E-state index in [0.717, 1.165) is 58.7 Å². The Morgan fingerprint density at radius 2 is 1.67 bits per heavy atom. The van der Waals surface area contributed by atoms with Gasteiger partial charge in [0.05, 0.1) is 11.4 Å². The first-order chi connectivity index (χ1) is 20.6. The highest BCUT2D eigenvalue weighted by Gasteiger charge is 2.33. The Hall–Kier alpha value is -4.92. The molecular weight excluding hydrogens is 526 g/mol. The molecule has 1 saturated heterocycles. The fourth-order valence-corrected chi connectivity index (χ4v) is 6.34. The number of carbonyl (C=O) groups excluding carboxylic acids is 2. The van der Waals surface area contributed by atoms with Gasteiger partial charge in [0.25, 0.3) is 0 Å². The molecule has 1 unspecified atom stereocenters. The smallest absolute Gasteiger partial charge is 0.322 e. The van der Waals surface area contributed by atoms with Crippen LogP contribution in [0, 0.1) is 6.92 Å². The van der Waals surface area contributed by atoms with Gasteiger partial charge in [0.2, 0.25) is 0 Å². The van der Waals surface area contributed by atoms with Gasteiger partial charge in [-0.25, -0.2) is 14.6 Å². The topological polar surface area (TPSA) is 94.9 Å². The normalized spacial score (nSPS) is 18.5. The molecule has 0 radical (unpaired) electrons. The maximum absolute atomic E-state index is 13.7. The van der Waals surface area contributed by atoms with Gasteiger partial charge in [-0.05, 0) is 43.9 Å². The first-order valence-electron chi connectivity index (χ1n) is 14.5. The summed E-state index contributed by atoms with van der Waals surface area (Å²) in [5.41, 5.74) is 6.78. The number of amides is 4. The molecule has 1 fully saturated rings. The molecule has 1 atom stereocenters. The summed E-state index contributed by atoms with van der Waals surface area (Å²) in [6.45, 7) is 3.80. The maximum atomic E-state index is 13.7. The minimum Gasteiger partial charge on any atom is -0.325 e. The predicted octanol–water partition coefficient (Wildman–Crippen LogP) is 5.29. The zero-order chi connectivity index (χ0) is 28.6. The highest BCUT2D eigenvalue weighted by Crippen LogP contribution is 2.31. The number of aliphatic imine (C=N–C) groups is 1. The standard InChI is InChI=1S/C33H33N7O2/c1-22-21-34-31-30(36-29(24-10-3-2-4-11-24)26-12-6-8-14-28(26)40(22)31)37-32(41)38-18-16-25(17-19-38)39-20-15-23-9-5-7-13-27(23)35-33(39)42/h2-14,21,25,30H,15-20H2,1H3,(H,35,42)(H,37,41). The summed E-state index contributed by atoms with van der Waals surface area (Å²) in [7, 11) is 0. The number of urea groups is 2. The lowest BCUT2D eigenvalue weighted by Gasteiger charge is -2.38. The maximum Gasteiger partial charge on any atom is 0.322 e. The van der Waals surface area contributed by atoms with Crippen molar-refractivity contribution in [2.45, 2.75) is 38.4 Å². The molecule has 9 nitrogen and oxygen atoms in total. The number of aromatic nitrogens is 2. The number of hydrogen-bond acceptors (Lipinski definition) is 4. The molecule has 0 saturated carbocycles. The molecule has 7 rings (SSSR count). The summed E-state index contributed by atoms with van der Waals surface area (Å²) in [4.78, 5) is 40.3. The van der Waals surface area contributed by atoms with Crippen molar-refractivity contribution >= 4 is 23.5 Å². The lowest BCUT2D eigenvalue weighted by Crippen LogP contribution is -2.52. The molecule has 0 spiro atoms. The Morgan fingerprint density at radius 3 is 2.50 bits per heavy atom. The van der Waals surface area contributed by atoms with Crippen molar-refractivity contribution in [1.29, 1.82) is 0 Å². The summed E-state index contributed by atoms with van der Waals surface area (Å²) >= 11 is 0. The van der Waals surface area contributed by atoms with Crippen LogP contribution in [0.25, 0.3) is 5.69 Å². The largest absolute Gasteiger partial charge is 0.325 e. The molecule has 9 heteroatoms. The fraction of sp³-hybridized carbons (Fsp3) is 0.273. The molecule has 0 aliphatic carbocycles. The number of para-hydroxylation sites is 2. The second kappa shape index (κ2) is 10.8. The van der Waals surface area contributed by atoms with Crippen molar-refractivity contribution in [3.63, 3.8) is 0 Å². The van der Waals surface area contributed by atoms with Crippen LogP contribution in [-0.2, 0) is 6.42 Å². The van der Waals surface area contributed by atoms with Crippen molar-refractivity contribution < 1.29 is 9.59 Å². The first kappa shape index (κ1) is 26.0. The first-order valence-corrected chi connectivity index (χ1v) is 14.5. The third-order valence-corrected chi connectivity index (χ3v) is 8.51. The van der Waals surface area contributed by atoms with Crippen LogP contribution in [0.2, 0.25) is 0 Å². The molecule has 42 heavy (non-hydrogen) atoms. The number of imidazole rings is 1. The van der Waals surface area contributed by atoms with Crippen molar-refractivity contribution in [3.8, 4) is 5.69 Å². The van der Waals surface area contributed by atoms with Gasteiger partial charge in [-0.1, -0.05) is 66.7 Å². The van der Waals surface area contributed by atoms with Gasteiger partial charge in [-0.2, -0.15) is 0 Å². The zero-order valence-electron chi connectivity index (χ0n) is 23.5. The molecule has 0 bridgehead atoms. The summed E-state index contributed by atoms with van der Waals surface area (Å²) in [5, 5.41) is 6.25. The second-order valence-corrected chi connectivity index (χ2v) is 11.1. The van der Waals surface area contributed by atoms with Gasteiger partial charge >= 0.3 is 12.1 Å². The number of nitrogens with one attached hydrogen (secondary N) is 2. The van der Waals surface area contributed by atoms with Crippen LogP contribution in [0.15, 0.2) is 90.1 Å². The Balaban J connectivity index is 1.10. The van der Waals surface area contributed by atoms with Crippen molar-refractivity contribution in [2.75, 3.05) is 25.0 Å². The van der Waals surface area contributed by atoms with Crippen LogP contribution in [0.4, 0.5) is 15.3 Å². The highest BCUT2D eigenvalue weighted by atomic mass is 16.2. The van der Waals surface area contributed by atoms with Crippen molar-refractivity contribution in [1.82, 2.24) is 24.7 Å². The van der Waals surface area contributed by atoms with Crippen molar-refractivity contribution in [2.24, 2.45) is 4.99 Å². The number of likely N-dealkylation sites (tertiary alicyclic amines) is 1. The quantitative estimate of drug-likeness (QED) is 0.357. The monoisotopic (exact) mass is 559 g/mol. The molecule has 2 N–H and O–H groups in total. The lowest BCUT2D eigenvalue weighted by atomic mass is 10.0. The number of rotatable bonds is 3. The van der Waals surface area contributed by atoms with Crippen LogP contribution >= 0.6 is 0 Å². The van der Waals surface area contributed by atoms with E-state index in [4.69, 9.17) is 9.98 Å². The summed E-state index contributed by atoms with van der Waals surface area (Å²) in [6.07, 6.45) is 3.41. The summed E-state index contributed by atoms with van der Waals surface area (Å²) in [6, 6.07) is 26.0. The van der Waals surface area contributed by atoms with Crippen molar-refractivity contribution in [3.05, 3.63) is 113 Å². The third-order valence-electron chi connectivity index (χ3n) is 8.51. The second-order valence-electron chi connectivity index (χ2n) is 11.1. The lowest BCUT2D eigenvalue weighted by molar-refractivity contribution is 0.133. The van der Waals surface area contributed by atoms with Gasteiger partial charge in [0, 0.05) is 54.4 Å². The highest BCUT2D eigenvalue weighted by molar-refractivity contribution is 6.15. The number of nitrogens with zero attached hydrogens (tertiary/aromatic N) is 5. The van der Waals surface area contributed by atoms with Crippen LogP contribution in [0.5, 0.6) is 0 Å². The summed E-state index contributed by atoms with van der Waals surface area (Å²) in [5.74, 6) is 0.676. The molecule has 4 amide bonds. The van der Waals surface area contributed by atoms with E-state index < -0.39 is 6.17 Å². The van der Waals surface area contributed by atoms with Gasteiger partial charge in [0.1, 0.15) is 0 Å². The number of hydrogen-bond donors (Lipinski definition) is 2. The van der Waals surface area contributed by atoms with Crippen LogP contribution in [-0.4, -0.2) is 62.8 Å². The van der Waals surface area contributed by atoms with Gasteiger partial charge in [-0.15, -0.1) is 0 Å². The average molecular weight is 560 g/mol. The number of anilines is 1. The van der Waals surface area contributed by atoms with Crippen LogP contribution in [0.3, 0.4) is 0 Å². The summed E-state index contributed by atoms with van der Waals surface area (Å²) < 4.78 is 2.09. The third kappa shape index (κ3) is 4.70. The van der Waals surface area contributed by atoms with E-state index in [1.807, 2.05) is 83.6 Å². The van der Waals surface area contributed by atoms with Gasteiger partial charge in [0.15, 0.2) is 12.0 Å². The SMILES string of the molecule is Cc1cnc2n1-c1ccccc1C(c1ccccc1)=NC2NC(=O)N1CCC(N2CCc3ccccc3NC2=O)CC1. The number of aryl methyl sites for hydroxylation is 1. The molecular formula is C33H33N7O2. The zero-order valence-corrected chi connectivity index (χ0v) is 23.5. The van der Waals surface area contributed by atoms with E-state index in [-0.39, 0.29) is 18.1 Å². The molecule has 4 aromatic rings. The van der Waals surface area contributed by atoms with Gasteiger partial charge < -0.3 is 20.4 Å². The number of fused-ring (bicyclic) bond motifs is 4. The number of carbonyl (C=O) groups is 2. The predicted molar refractivity (Wildman–Crippen MR) is 162 cm³/mol. The van der Waals surface area contributed by atoms with Crippen LogP contribution < -0.4 is 10.6 Å². The minimum atomic E-state index is -0.665. The van der Waals surface area contributed by atoms with E-state index >= 15 is 0 Å². The van der Waals surface area contributed by atoms with Crippen LogP contribution in [0.1, 0.15) is 47.2 Å². The Kier molecular flexibility index (Phi) is 6.70. The molecule has 3 aromatic carbocycles. The molecule has 3 aliphatic rings. The van der Waals surface area contributed by atoms with E-state index in [0.29, 0.717) is 25.5 Å². The molecule has 1 aromatic heterocycles.